The molecule has 0 saturated heterocycles. The van der Waals surface area contributed by atoms with E-state index in [1.54, 1.807) is 31.2 Å². The Morgan fingerprint density at radius 2 is 1.68 bits per heavy atom. The van der Waals surface area contributed by atoms with Crippen LogP contribution in [0.3, 0.4) is 0 Å². The van der Waals surface area contributed by atoms with Crippen molar-refractivity contribution in [2.24, 2.45) is 0 Å². The van der Waals surface area contributed by atoms with Gasteiger partial charge in [0.05, 0.1) is 6.04 Å². The van der Waals surface area contributed by atoms with Gasteiger partial charge in [-0.15, -0.1) is 0 Å². The first-order valence-corrected chi connectivity index (χ1v) is 7.46. The third-order valence-corrected chi connectivity index (χ3v) is 3.04. The second kappa shape index (κ2) is 9.55. The molecular weight excluding hydrogens is 282 g/mol. The van der Waals surface area contributed by atoms with Crippen LogP contribution >= 0.6 is 0 Å². The summed E-state index contributed by atoms with van der Waals surface area (Å²) in [6.45, 7) is 4.33. The number of benzene rings is 1. The number of hydrogen-bond acceptors (Lipinski definition) is 3. The summed E-state index contributed by atoms with van der Waals surface area (Å²) in [6.07, 6.45) is 0.483. The highest BCUT2D eigenvalue weighted by Gasteiger charge is 2.17. The molecule has 22 heavy (non-hydrogen) atoms. The maximum absolute atomic E-state index is 12.2. The average Bonchev–Trinajstić information content (AvgIpc) is 2.53. The Kier molecular flexibility index (Phi) is 7.67. The van der Waals surface area contributed by atoms with Crippen molar-refractivity contribution in [3.63, 3.8) is 0 Å². The Morgan fingerprint density at radius 3 is 2.27 bits per heavy atom. The Bertz CT molecular complexity index is 503. The second-order valence-electron chi connectivity index (χ2n) is 4.85. The third kappa shape index (κ3) is 6.39. The molecular formula is C16H23N3O3. The van der Waals surface area contributed by atoms with Gasteiger partial charge in [0.25, 0.3) is 5.91 Å². The van der Waals surface area contributed by atoms with Crippen molar-refractivity contribution in [2.45, 2.75) is 32.7 Å². The lowest BCUT2D eigenvalue weighted by atomic mass is 10.1. The zero-order chi connectivity index (χ0) is 16.4. The van der Waals surface area contributed by atoms with Crippen molar-refractivity contribution in [1.82, 2.24) is 16.0 Å². The van der Waals surface area contributed by atoms with Crippen LogP contribution in [0.2, 0.25) is 0 Å². The van der Waals surface area contributed by atoms with Gasteiger partial charge in [-0.25, -0.2) is 0 Å². The maximum Gasteiger partial charge on any atom is 0.251 e. The first-order valence-electron chi connectivity index (χ1n) is 7.46. The van der Waals surface area contributed by atoms with Crippen LogP contribution in [0.25, 0.3) is 0 Å². The van der Waals surface area contributed by atoms with Gasteiger partial charge in [-0.05, 0) is 19.1 Å². The Balaban J connectivity index is 2.65. The van der Waals surface area contributed by atoms with Gasteiger partial charge >= 0.3 is 0 Å². The molecule has 0 heterocycles. The highest BCUT2D eigenvalue weighted by atomic mass is 16.2. The molecule has 0 aliphatic rings. The lowest BCUT2D eigenvalue weighted by Gasteiger charge is -2.19. The molecule has 0 spiro atoms. The summed E-state index contributed by atoms with van der Waals surface area (Å²) in [7, 11) is 0. The van der Waals surface area contributed by atoms with Crippen molar-refractivity contribution < 1.29 is 14.4 Å². The van der Waals surface area contributed by atoms with Crippen molar-refractivity contribution in [2.75, 3.05) is 13.1 Å². The summed E-state index contributed by atoms with van der Waals surface area (Å²) in [6, 6.07) is 8.31. The first kappa shape index (κ1) is 17.7. The summed E-state index contributed by atoms with van der Waals surface area (Å²) in [4.78, 5) is 35.2. The van der Waals surface area contributed by atoms with Crippen molar-refractivity contribution in [3.05, 3.63) is 35.9 Å². The van der Waals surface area contributed by atoms with Crippen LogP contribution in [0.15, 0.2) is 30.3 Å². The van der Waals surface area contributed by atoms with E-state index in [1.165, 1.54) is 0 Å². The van der Waals surface area contributed by atoms with Gasteiger partial charge in [0.1, 0.15) is 0 Å². The van der Waals surface area contributed by atoms with E-state index in [9.17, 15) is 14.4 Å². The topological polar surface area (TPSA) is 87.3 Å². The van der Waals surface area contributed by atoms with Gasteiger partial charge in [-0.1, -0.05) is 25.1 Å². The number of nitrogens with one attached hydrogen (secondary N) is 3. The van der Waals surface area contributed by atoms with E-state index >= 15 is 0 Å². The lowest BCUT2D eigenvalue weighted by Crippen LogP contribution is -2.46. The largest absolute Gasteiger partial charge is 0.356 e. The maximum atomic E-state index is 12.2. The van der Waals surface area contributed by atoms with E-state index in [4.69, 9.17) is 0 Å². The molecule has 0 aliphatic carbocycles. The van der Waals surface area contributed by atoms with Crippen LogP contribution < -0.4 is 16.0 Å². The highest BCUT2D eigenvalue weighted by Crippen LogP contribution is 2.00. The molecule has 0 saturated carbocycles. The normalized spacial score (nSPS) is 11.4. The Hall–Kier alpha value is -2.37. The van der Waals surface area contributed by atoms with Gasteiger partial charge in [0, 0.05) is 31.5 Å². The summed E-state index contributed by atoms with van der Waals surface area (Å²) in [5, 5.41) is 8.18. The van der Waals surface area contributed by atoms with E-state index in [2.05, 4.69) is 16.0 Å². The molecule has 0 aliphatic heterocycles. The molecule has 3 N–H and O–H groups in total. The van der Waals surface area contributed by atoms with Crippen LogP contribution in [-0.4, -0.2) is 36.9 Å². The average molecular weight is 305 g/mol. The smallest absolute Gasteiger partial charge is 0.251 e. The fourth-order valence-corrected chi connectivity index (χ4v) is 1.89. The molecule has 1 rings (SSSR count). The van der Waals surface area contributed by atoms with E-state index in [0.29, 0.717) is 18.5 Å². The quantitative estimate of drug-likeness (QED) is 0.665. The van der Waals surface area contributed by atoms with Gasteiger partial charge in [-0.3, -0.25) is 14.4 Å². The molecule has 1 aromatic carbocycles. The van der Waals surface area contributed by atoms with E-state index in [-0.39, 0.29) is 30.7 Å². The number of carbonyl (C=O) groups excluding carboxylic acids is 3. The predicted molar refractivity (Wildman–Crippen MR) is 84.3 cm³/mol. The minimum absolute atomic E-state index is 0.116. The van der Waals surface area contributed by atoms with E-state index < -0.39 is 6.04 Å². The second-order valence-corrected chi connectivity index (χ2v) is 4.85. The van der Waals surface area contributed by atoms with E-state index in [0.717, 1.165) is 0 Å². The van der Waals surface area contributed by atoms with Crippen LogP contribution in [-0.2, 0) is 9.59 Å². The standard InChI is InChI=1S/C16H23N3O3/c1-3-14(20)18-11-13(10-15(21)17-4-2)19-16(22)12-8-6-5-7-9-12/h5-9,13H,3-4,10-11H2,1-2H3,(H,17,21)(H,18,20)(H,19,22)/t13-/m1/s1. The van der Waals surface area contributed by atoms with Crippen molar-refractivity contribution >= 4 is 17.7 Å². The number of hydrogen-bond donors (Lipinski definition) is 3. The highest BCUT2D eigenvalue weighted by molar-refractivity contribution is 5.94. The number of carbonyl (C=O) groups is 3. The summed E-state index contributed by atoms with van der Waals surface area (Å²) < 4.78 is 0. The molecule has 120 valence electrons. The first-order chi connectivity index (χ1) is 10.6. The fraction of sp³-hybridized carbons (Fsp3) is 0.438. The van der Waals surface area contributed by atoms with Crippen LogP contribution in [0.1, 0.15) is 37.0 Å². The molecule has 1 atom stereocenters. The van der Waals surface area contributed by atoms with Gasteiger partial charge < -0.3 is 16.0 Å². The van der Waals surface area contributed by atoms with Gasteiger partial charge in [0.15, 0.2) is 0 Å². The SMILES string of the molecule is CCNC(=O)C[C@H](CNC(=O)CC)NC(=O)c1ccccc1. The summed E-state index contributed by atoms with van der Waals surface area (Å²) in [5.74, 6) is -0.540. The molecule has 0 fully saturated rings. The van der Waals surface area contributed by atoms with Crippen molar-refractivity contribution in [1.29, 1.82) is 0 Å². The van der Waals surface area contributed by atoms with Crippen LogP contribution in [0, 0.1) is 0 Å². The third-order valence-electron chi connectivity index (χ3n) is 3.04. The van der Waals surface area contributed by atoms with E-state index in [1.807, 2.05) is 13.0 Å². The minimum Gasteiger partial charge on any atom is -0.356 e. The van der Waals surface area contributed by atoms with Crippen molar-refractivity contribution in [3.8, 4) is 0 Å². The number of amides is 3. The molecule has 6 heteroatoms. The predicted octanol–water partition coefficient (Wildman–Crippen LogP) is 0.837. The Morgan fingerprint density at radius 1 is 1.00 bits per heavy atom. The summed E-state index contributed by atoms with van der Waals surface area (Å²) >= 11 is 0. The lowest BCUT2D eigenvalue weighted by molar-refractivity contribution is -0.123. The van der Waals surface area contributed by atoms with Crippen LogP contribution in [0.4, 0.5) is 0 Å². The van der Waals surface area contributed by atoms with Gasteiger partial charge in [0.2, 0.25) is 11.8 Å². The molecule has 3 amide bonds. The molecule has 1 aromatic rings. The molecule has 6 nitrogen and oxygen atoms in total. The fourth-order valence-electron chi connectivity index (χ4n) is 1.89. The van der Waals surface area contributed by atoms with Crippen LogP contribution in [0.5, 0.6) is 0 Å². The summed E-state index contributed by atoms with van der Waals surface area (Å²) in [5.41, 5.74) is 0.519. The van der Waals surface area contributed by atoms with Gasteiger partial charge in [-0.2, -0.15) is 0 Å². The Labute approximate surface area is 130 Å². The molecule has 0 radical (unpaired) electrons. The number of rotatable bonds is 8. The zero-order valence-electron chi connectivity index (χ0n) is 13.0. The monoisotopic (exact) mass is 305 g/mol. The molecule has 0 bridgehead atoms. The zero-order valence-corrected chi connectivity index (χ0v) is 13.0. The molecule has 0 aromatic heterocycles. The minimum atomic E-state index is -0.449. The molecule has 0 unspecified atom stereocenters.